The summed E-state index contributed by atoms with van der Waals surface area (Å²) in [6, 6.07) is 11.1. The van der Waals surface area contributed by atoms with Gasteiger partial charge in [0.2, 0.25) is 0 Å². The standard InChI is InChI=1S/C21H25BrN4O3/c1-29-14-4-9-23-20(27)16-7-8-19(24-15-16)25-10-12-26(13-11-25)21(28)17-5-2-3-6-18(17)22/h2-3,5-8,15H,4,9-14H2,1H3,(H,23,27). The third-order valence-electron chi connectivity index (χ3n) is 4.82. The summed E-state index contributed by atoms with van der Waals surface area (Å²) in [5, 5.41) is 2.85. The molecule has 2 amide bonds. The van der Waals surface area contributed by atoms with E-state index in [4.69, 9.17) is 4.74 Å². The highest BCUT2D eigenvalue weighted by atomic mass is 79.9. The van der Waals surface area contributed by atoms with E-state index < -0.39 is 0 Å². The van der Waals surface area contributed by atoms with Gasteiger partial charge >= 0.3 is 0 Å². The fourth-order valence-electron chi connectivity index (χ4n) is 3.17. The van der Waals surface area contributed by atoms with Crippen LogP contribution >= 0.6 is 15.9 Å². The van der Waals surface area contributed by atoms with E-state index >= 15 is 0 Å². The highest BCUT2D eigenvalue weighted by Gasteiger charge is 2.24. The van der Waals surface area contributed by atoms with Gasteiger partial charge in [-0.3, -0.25) is 9.59 Å². The lowest BCUT2D eigenvalue weighted by Gasteiger charge is -2.35. The summed E-state index contributed by atoms with van der Waals surface area (Å²) in [5.41, 5.74) is 1.22. The van der Waals surface area contributed by atoms with Gasteiger partial charge in [0.25, 0.3) is 11.8 Å². The van der Waals surface area contributed by atoms with Gasteiger partial charge < -0.3 is 19.9 Å². The van der Waals surface area contributed by atoms with E-state index in [1.807, 2.05) is 35.2 Å². The summed E-state index contributed by atoms with van der Waals surface area (Å²) >= 11 is 3.45. The number of benzene rings is 1. The number of hydrogen-bond donors (Lipinski definition) is 1. The van der Waals surface area contributed by atoms with Gasteiger partial charge in [-0.15, -0.1) is 0 Å². The van der Waals surface area contributed by atoms with Gasteiger partial charge in [-0.05, 0) is 46.6 Å². The number of halogens is 1. The number of carbonyl (C=O) groups is 2. The molecule has 2 aromatic rings. The molecule has 1 aliphatic rings. The van der Waals surface area contributed by atoms with Crippen LogP contribution in [0.3, 0.4) is 0 Å². The first-order chi connectivity index (χ1) is 14.1. The number of methoxy groups -OCH3 is 1. The summed E-state index contributed by atoms with van der Waals surface area (Å²) in [7, 11) is 1.64. The van der Waals surface area contributed by atoms with E-state index in [1.54, 1.807) is 19.4 Å². The number of nitrogens with zero attached hydrogens (tertiary/aromatic N) is 3. The minimum Gasteiger partial charge on any atom is -0.385 e. The Kier molecular flexibility index (Phi) is 7.60. The first-order valence-corrected chi connectivity index (χ1v) is 10.4. The maximum Gasteiger partial charge on any atom is 0.255 e. The molecule has 1 fully saturated rings. The minimum absolute atomic E-state index is 0.0329. The molecule has 7 nitrogen and oxygen atoms in total. The van der Waals surface area contributed by atoms with E-state index in [9.17, 15) is 9.59 Å². The fraction of sp³-hybridized carbons (Fsp3) is 0.381. The van der Waals surface area contributed by atoms with Crippen molar-refractivity contribution in [1.82, 2.24) is 15.2 Å². The first kappa shape index (κ1) is 21.3. The van der Waals surface area contributed by atoms with E-state index in [0.717, 1.165) is 16.7 Å². The summed E-state index contributed by atoms with van der Waals surface area (Å²) in [4.78, 5) is 33.3. The molecule has 0 spiro atoms. The number of anilines is 1. The van der Waals surface area contributed by atoms with Crippen LogP contribution in [-0.4, -0.2) is 68.1 Å². The van der Waals surface area contributed by atoms with Crippen LogP contribution in [0.25, 0.3) is 0 Å². The largest absolute Gasteiger partial charge is 0.385 e. The van der Waals surface area contributed by atoms with Crippen LogP contribution in [0.15, 0.2) is 47.1 Å². The fourth-order valence-corrected chi connectivity index (χ4v) is 3.63. The quantitative estimate of drug-likeness (QED) is 0.642. The predicted molar refractivity (Wildman–Crippen MR) is 115 cm³/mol. The molecule has 1 aromatic carbocycles. The van der Waals surface area contributed by atoms with Gasteiger partial charge in [-0.1, -0.05) is 12.1 Å². The van der Waals surface area contributed by atoms with Crippen LogP contribution in [0.5, 0.6) is 0 Å². The van der Waals surface area contributed by atoms with Crippen LogP contribution in [0.4, 0.5) is 5.82 Å². The zero-order valence-corrected chi connectivity index (χ0v) is 18.0. The maximum atomic E-state index is 12.7. The Hall–Kier alpha value is -2.45. The van der Waals surface area contributed by atoms with Crippen LogP contribution in [-0.2, 0) is 4.74 Å². The van der Waals surface area contributed by atoms with Crippen LogP contribution in [0.1, 0.15) is 27.1 Å². The number of rotatable bonds is 7. The molecular formula is C21H25BrN4O3. The number of carbonyl (C=O) groups excluding carboxylic acids is 2. The molecule has 1 N–H and O–H groups in total. The number of aromatic nitrogens is 1. The van der Waals surface area contributed by atoms with Crippen molar-refractivity contribution < 1.29 is 14.3 Å². The molecule has 0 bridgehead atoms. The number of amides is 2. The molecule has 1 saturated heterocycles. The summed E-state index contributed by atoms with van der Waals surface area (Å²) < 4.78 is 5.78. The van der Waals surface area contributed by atoms with Crippen molar-refractivity contribution in [3.63, 3.8) is 0 Å². The number of pyridine rings is 1. The van der Waals surface area contributed by atoms with Gasteiger partial charge in [-0.2, -0.15) is 0 Å². The first-order valence-electron chi connectivity index (χ1n) is 9.62. The summed E-state index contributed by atoms with van der Waals surface area (Å²) in [6.07, 6.45) is 2.37. The second-order valence-corrected chi connectivity index (χ2v) is 7.62. The van der Waals surface area contributed by atoms with Crippen molar-refractivity contribution in [2.24, 2.45) is 0 Å². The van der Waals surface area contributed by atoms with Gasteiger partial charge in [0.15, 0.2) is 0 Å². The van der Waals surface area contributed by atoms with Gasteiger partial charge in [-0.25, -0.2) is 4.98 Å². The average molecular weight is 461 g/mol. The van der Waals surface area contributed by atoms with Crippen molar-refractivity contribution in [3.8, 4) is 0 Å². The van der Waals surface area contributed by atoms with Gasteiger partial charge in [0, 0.05) is 57.1 Å². The lowest BCUT2D eigenvalue weighted by Crippen LogP contribution is -2.49. The Morgan fingerprint density at radius 1 is 1.14 bits per heavy atom. The summed E-state index contributed by atoms with van der Waals surface area (Å²) in [5.74, 6) is 0.712. The maximum absolute atomic E-state index is 12.7. The molecule has 2 heterocycles. The highest BCUT2D eigenvalue weighted by Crippen LogP contribution is 2.20. The van der Waals surface area contributed by atoms with Crippen LogP contribution < -0.4 is 10.2 Å². The molecule has 8 heteroatoms. The van der Waals surface area contributed by atoms with E-state index in [-0.39, 0.29) is 11.8 Å². The predicted octanol–water partition coefficient (Wildman–Crippen LogP) is 2.57. The van der Waals surface area contributed by atoms with Crippen molar-refractivity contribution in [2.45, 2.75) is 6.42 Å². The number of ether oxygens (including phenoxy) is 1. The Morgan fingerprint density at radius 3 is 2.55 bits per heavy atom. The molecule has 0 unspecified atom stereocenters. The van der Waals surface area contributed by atoms with E-state index in [0.29, 0.717) is 50.5 Å². The van der Waals surface area contributed by atoms with Crippen molar-refractivity contribution >= 4 is 33.6 Å². The zero-order valence-electron chi connectivity index (χ0n) is 16.4. The normalized spacial score (nSPS) is 14.0. The highest BCUT2D eigenvalue weighted by molar-refractivity contribution is 9.10. The number of nitrogens with one attached hydrogen (secondary N) is 1. The molecule has 1 aromatic heterocycles. The molecule has 154 valence electrons. The van der Waals surface area contributed by atoms with Crippen molar-refractivity contribution in [2.75, 3.05) is 51.3 Å². The number of hydrogen-bond acceptors (Lipinski definition) is 5. The van der Waals surface area contributed by atoms with Gasteiger partial charge in [0.05, 0.1) is 11.1 Å². The second kappa shape index (κ2) is 10.4. The van der Waals surface area contributed by atoms with Crippen molar-refractivity contribution in [1.29, 1.82) is 0 Å². The van der Waals surface area contributed by atoms with Crippen LogP contribution in [0, 0.1) is 0 Å². The minimum atomic E-state index is -0.135. The van der Waals surface area contributed by atoms with E-state index in [1.165, 1.54) is 0 Å². The second-order valence-electron chi connectivity index (χ2n) is 6.77. The van der Waals surface area contributed by atoms with Crippen LogP contribution in [0.2, 0.25) is 0 Å². The van der Waals surface area contributed by atoms with Crippen molar-refractivity contribution in [3.05, 3.63) is 58.2 Å². The third kappa shape index (κ3) is 5.55. The zero-order chi connectivity index (χ0) is 20.6. The third-order valence-corrected chi connectivity index (χ3v) is 5.51. The topological polar surface area (TPSA) is 74.8 Å². The Labute approximate surface area is 179 Å². The molecule has 0 saturated carbocycles. The average Bonchev–Trinajstić information content (AvgIpc) is 2.77. The molecule has 0 aliphatic carbocycles. The molecule has 0 atom stereocenters. The number of piperazine rings is 1. The Morgan fingerprint density at radius 2 is 1.90 bits per heavy atom. The SMILES string of the molecule is COCCCNC(=O)c1ccc(N2CCN(C(=O)c3ccccc3Br)CC2)nc1. The lowest BCUT2D eigenvalue weighted by atomic mass is 10.2. The molecule has 1 aliphatic heterocycles. The molecular weight excluding hydrogens is 436 g/mol. The van der Waals surface area contributed by atoms with Gasteiger partial charge in [0.1, 0.15) is 5.82 Å². The Balaban J connectivity index is 1.52. The Bertz CT molecular complexity index is 836. The molecule has 3 rings (SSSR count). The monoisotopic (exact) mass is 460 g/mol. The molecule has 29 heavy (non-hydrogen) atoms. The lowest BCUT2D eigenvalue weighted by molar-refractivity contribution is 0.0745. The summed E-state index contributed by atoms with van der Waals surface area (Å²) in [6.45, 7) is 3.85. The smallest absolute Gasteiger partial charge is 0.255 e. The van der Waals surface area contributed by atoms with E-state index in [2.05, 4.69) is 31.1 Å². The molecule has 0 radical (unpaired) electrons.